The van der Waals surface area contributed by atoms with Crippen molar-refractivity contribution in [1.29, 1.82) is 0 Å². The summed E-state index contributed by atoms with van der Waals surface area (Å²) in [5.74, 6) is 7.47. The van der Waals surface area contributed by atoms with Gasteiger partial charge < -0.3 is 0 Å². The lowest BCUT2D eigenvalue weighted by Crippen LogP contribution is -2.07. The van der Waals surface area contributed by atoms with Gasteiger partial charge in [-0.05, 0) is 12.1 Å². The average Bonchev–Trinajstić information content (AvgIpc) is 2.55. The number of hydrogen-bond donors (Lipinski definition) is 2. The van der Waals surface area contributed by atoms with Crippen molar-refractivity contribution in [3.63, 3.8) is 0 Å². The van der Waals surface area contributed by atoms with Gasteiger partial charge in [-0.2, -0.15) is 0 Å². The monoisotopic (exact) mass is 337 g/mol. The van der Waals surface area contributed by atoms with E-state index in [9.17, 15) is 23.3 Å². The third kappa shape index (κ3) is 4.42. The SMILES string of the molecule is CS(=O)(=O)c1ccc(C(=O)c2ccccc2)c([N+](=O)[O-])c1.NN. The molecule has 0 unspecified atom stereocenters. The minimum Gasteiger partial charge on any atom is -0.288 e. The van der Waals surface area contributed by atoms with Gasteiger partial charge in [0.2, 0.25) is 0 Å². The fourth-order valence-electron chi connectivity index (χ4n) is 1.83. The number of rotatable bonds is 4. The maximum Gasteiger partial charge on any atom is 0.281 e. The first-order valence-corrected chi connectivity index (χ1v) is 8.11. The standard InChI is InChI=1S/C14H11NO5S.H4N2/c1-21(19,20)11-7-8-12(13(9-11)15(17)18)14(16)10-5-3-2-4-6-10;1-2/h2-9H,1H3;1-2H2. The van der Waals surface area contributed by atoms with Crippen molar-refractivity contribution in [3.05, 3.63) is 69.8 Å². The first kappa shape index (κ1) is 18.4. The number of nitro groups is 1. The summed E-state index contributed by atoms with van der Waals surface area (Å²) >= 11 is 0. The molecule has 2 aromatic carbocycles. The molecule has 0 bridgehead atoms. The molecular formula is C14H15N3O5S. The van der Waals surface area contributed by atoms with Crippen LogP contribution in [-0.2, 0) is 9.84 Å². The normalized spacial score (nSPS) is 10.4. The number of hydrazine groups is 1. The lowest BCUT2D eigenvalue weighted by molar-refractivity contribution is -0.385. The first-order chi connectivity index (χ1) is 10.8. The Bertz CT molecular complexity index is 820. The van der Waals surface area contributed by atoms with E-state index in [0.29, 0.717) is 5.56 Å². The van der Waals surface area contributed by atoms with Crippen molar-refractivity contribution in [2.45, 2.75) is 4.90 Å². The highest BCUT2D eigenvalue weighted by molar-refractivity contribution is 7.90. The second-order valence-corrected chi connectivity index (χ2v) is 6.42. The molecule has 122 valence electrons. The van der Waals surface area contributed by atoms with Crippen LogP contribution in [-0.4, -0.2) is 25.4 Å². The van der Waals surface area contributed by atoms with Crippen LogP contribution in [0.15, 0.2) is 53.4 Å². The van der Waals surface area contributed by atoms with E-state index in [1.54, 1.807) is 18.2 Å². The summed E-state index contributed by atoms with van der Waals surface area (Å²) in [5.41, 5.74) is -0.363. The molecule has 9 heteroatoms. The molecule has 0 aliphatic carbocycles. The molecule has 0 aliphatic heterocycles. The fourth-order valence-corrected chi connectivity index (χ4v) is 2.47. The van der Waals surface area contributed by atoms with Crippen LogP contribution in [0.3, 0.4) is 0 Å². The Kier molecular flexibility index (Phi) is 6.08. The predicted molar refractivity (Wildman–Crippen MR) is 84.5 cm³/mol. The lowest BCUT2D eigenvalue weighted by atomic mass is 10.0. The average molecular weight is 337 g/mol. The van der Waals surface area contributed by atoms with Crippen LogP contribution < -0.4 is 11.7 Å². The molecule has 0 aliphatic rings. The largest absolute Gasteiger partial charge is 0.288 e. The van der Waals surface area contributed by atoms with Crippen LogP contribution in [0.2, 0.25) is 0 Å². The summed E-state index contributed by atoms with van der Waals surface area (Å²) in [5, 5.41) is 11.1. The van der Waals surface area contributed by atoms with Crippen molar-refractivity contribution in [2.75, 3.05) is 6.26 Å². The zero-order chi connectivity index (χ0) is 17.6. The van der Waals surface area contributed by atoms with E-state index >= 15 is 0 Å². The summed E-state index contributed by atoms with van der Waals surface area (Å²) < 4.78 is 22.9. The van der Waals surface area contributed by atoms with Gasteiger partial charge in [-0.1, -0.05) is 30.3 Å². The molecule has 0 aromatic heterocycles. The van der Waals surface area contributed by atoms with E-state index in [-0.39, 0.29) is 10.5 Å². The van der Waals surface area contributed by atoms with E-state index in [1.807, 2.05) is 0 Å². The zero-order valence-electron chi connectivity index (χ0n) is 12.2. The van der Waals surface area contributed by atoms with Gasteiger partial charge >= 0.3 is 0 Å². The maximum absolute atomic E-state index is 12.3. The number of hydrogen-bond acceptors (Lipinski definition) is 7. The van der Waals surface area contributed by atoms with E-state index in [2.05, 4.69) is 11.7 Å². The highest BCUT2D eigenvalue weighted by Crippen LogP contribution is 2.25. The molecule has 2 aromatic rings. The van der Waals surface area contributed by atoms with E-state index in [1.165, 1.54) is 24.3 Å². The topological polar surface area (TPSA) is 146 Å². The Morgan fingerprint density at radius 3 is 2.13 bits per heavy atom. The van der Waals surface area contributed by atoms with Gasteiger partial charge in [0.1, 0.15) is 5.56 Å². The highest BCUT2D eigenvalue weighted by Gasteiger charge is 2.23. The number of nitro benzene ring substituents is 1. The quantitative estimate of drug-likeness (QED) is 0.367. The lowest BCUT2D eigenvalue weighted by Gasteiger charge is -2.04. The molecule has 0 radical (unpaired) electrons. The minimum absolute atomic E-state index is 0.140. The molecule has 2 rings (SSSR count). The third-order valence-corrected chi connectivity index (χ3v) is 3.98. The molecule has 0 amide bonds. The summed E-state index contributed by atoms with van der Waals surface area (Å²) in [6, 6.07) is 11.4. The van der Waals surface area contributed by atoms with Crippen molar-refractivity contribution in [1.82, 2.24) is 0 Å². The van der Waals surface area contributed by atoms with Gasteiger partial charge in [0.15, 0.2) is 15.6 Å². The van der Waals surface area contributed by atoms with Crippen molar-refractivity contribution in [2.24, 2.45) is 11.7 Å². The Morgan fingerprint density at radius 1 is 1.09 bits per heavy atom. The van der Waals surface area contributed by atoms with Crippen LogP contribution >= 0.6 is 0 Å². The zero-order valence-corrected chi connectivity index (χ0v) is 13.0. The van der Waals surface area contributed by atoms with Gasteiger partial charge in [0.25, 0.3) is 5.69 Å². The van der Waals surface area contributed by atoms with Gasteiger partial charge in [0.05, 0.1) is 9.82 Å². The van der Waals surface area contributed by atoms with Gasteiger partial charge in [0, 0.05) is 17.9 Å². The smallest absolute Gasteiger partial charge is 0.281 e. The number of nitrogens with zero attached hydrogens (tertiary/aromatic N) is 1. The van der Waals surface area contributed by atoms with Crippen molar-refractivity contribution in [3.8, 4) is 0 Å². The van der Waals surface area contributed by atoms with Crippen LogP contribution in [0, 0.1) is 10.1 Å². The van der Waals surface area contributed by atoms with Crippen LogP contribution in [0.1, 0.15) is 15.9 Å². The molecule has 0 atom stereocenters. The maximum atomic E-state index is 12.3. The van der Waals surface area contributed by atoms with Gasteiger partial charge in [-0.25, -0.2) is 8.42 Å². The summed E-state index contributed by atoms with van der Waals surface area (Å²) in [4.78, 5) is 22.4. The van der Waals surface area contributed by atoms with Crippen LogP contribution in [0.4, 0.5) is 5.69 Å². The molecule has 0 fully saturated rings. The van der Waals surface area contributed by atoms with Crippen molar-refractivity contribution < 1.29 is 18.1 Å². The molecule has 0 saturated carbocycles. The minimum atomic E-state index is -3.58. The third-order valence-electron chi connectivity index (χ3n) is 2.87. The van der Waals surface area contributed by atoms with Crippen LogP contribution in [0.25, 0.3) is 0 Å². The summed E-state index contributed by atoms with van der Waals surface area (Å²) in [6.07, 6.45) is 0.949. The predicted octanol–water partition coefficient (Wildman–Crippen LogP) is 1.05. The molecular weight excluding hydrogens is 322 g/mol. The van der Waals surface area contributed by atoms with E-state index in [4.69, 9.17) is 0 Å². The second kappa shape index (κ2) is 7.58. The number of carbonyl (C=O) groups is 1. The van der Waals surface area contributed by atoms with Crippen molar-refractivity contribution >= 4 is 21.3 Å². The summed E-state index contributed by atoms with van der Waals surface area (Å²) in [7, 11) is -3.58. The van der Waals surface area contributed by atoms with E-state index in [0.717, 1.165) is 12.3 Å². The molecule has 4 N–H and O–H groups in total. The Balaban J connectivity index is 0.00000127. The number of carbonyl (C=O) groups excluding carboxylic acids is 1. The second-order valence-electron chi connectivity index (χ2n) is 4.40. The molecule has 0 saturated heterocycles. The van der Waals surface area contributed by atoms with Gasteiger partial charge in [-0.3, -0.25) is 26.6 Å². The Labute approximate surface area is 132 Å². The van der Waals surface area contributed by atoms with Crippen LogP contribution in [0.5, 0.6) is 0 Å². The first-order valence-electron chi connectivity index (χ1n) is 6.22. The number of benzene rings is 2. The number of sulfone groups is 1. The molecule has 23 heavy (non-hydrogen) atoms. The highest BCUT2D eigenvalue weighted by atomic mass is 32.2. The number of nitrogens with two attached hydrogens (primary N) is 2. The molecule has 8 nitrogen and oxygen atoms in total. The van der Waals surface area contributed by atoms with Gasteiger partial charge in [-0.15, -0.1) is 0 Å². The number of ketones is 1. The Morgan fingerprint density at radius 2 is 1.65 bits per heavy atom. The Hall–Kier alpha value is -2.62. The fraction of sp³-hybridized carbons (Fsp3) is 0.0714. The molecule has 0 spiro atoms. The van der Waals surface area contributed by atoms with E-state index < -0.39 is 26.2 Å². The summed E-state index contributed by atoms with van der Waals surface area (Å²) in [6.45, 7) is 0. The molecule has 0 heterocycles.